The number of ether oxygens (including phenoxy) is 1. The zero-order valence-electron chi connectivity index (χ0n) is 17.7. The molecule has 0 unspecified atom stereocenters. The fourth-order valence-electron chi connectivity index (χ4n) is 3.03. The summed E-state index contributed by atoms with van der Waals surface area (Å²) in [4.78, 5) is 23.2. The normalized spacial score (nSPS) is 11.0. The van der Waals surface area contributed by atoms with Crippen LogP contribution in [-0.2, 0) is 14.8 Å². The molecule has 0 saturated carbocycles. The SMILES string of the molecule is COc1ccc(N(CC(=O)Nc2cccc(Br)c2)S(=O)(=O)c2ccc(C)c([N+](=O)[O-])c2)cc1. The number of nitrogens with zero attached hydrogens (tertiary/aromatic N) is 2. The first-order chi connectivity index (χ1) is 15.6. The molecule has 3 aromatic rings. The van der Waals surface area contributed by atoms with E-state index in [1.165, 1.54) is 38.3 Å². The Labute approximate surface area is 199 Å². The van der Waals surface area contributed by atoms with Crippen LogP contribution in [0.1, 0.15) is 5.56 Å². The van der Waals surface area contributed by atoms with Crippen LogP contribution >= 0.6 is 15.9 Å². The monoisotopic (exact) mass is 533 g/mol. The average molecular weight is 534 g/mol. The van der Waals surface area contributed by atoms with Crippen LogP contribution in [0.3, 0.4) is 0 Å². The summed E-state index contributed by atoms with van der Waals surface area (Å²) in [6, 6.07) is 16.6. The van der Waals surface area contributed by atoms with Crippen molar-refractivity contribution in [3.05, 3.63) is 86.9 Å². The predicted molar refractivity (Wildman–Crippen MR) is 128 cm³/mol. The molecule has 0 aliphatic carbocycles. The molecule has 0 bridgehead atoms. The molecule has 0 fully saturated rings. The molecule has 33 heavy (non-hydrogen) atoms. The molecule has 3 rings (SSSR count). The van der Waals surface area contributed by atoms with Gasteiger partial charge in [-0.1, -0.05) is 28.1 Å². The summed E-state index contributed by atoms with van der Waals surface area (Å²) in [7, 11) is -2.85. The minimum absolute atomic E-state index is 0.198. The molecule has 0 radical (unpaired) electrons. The van der Waals surface area contributed by atoms with Crippen LogP contribution in [0.5, 0.6) is 5.75 Å². The van der Waals surface area contributed by atoms with Crippen LogP contribution in [0.15, 0.2) is 76.1 Å². The van der Waals surface area contributed by atoms with E-state index in [-0.39, 0.29) is 16.3 Å². The van der Waals surface area contributed by atoms with Gasteiger partial charge < -0.3 is 10.1 Å². The fourth-order valence-corrected chi connectivity index (χ4v) is 4.88. The van der Waals surface area contributed by atoms with E-state index in [4.69, 9.17) is 4.74 Å². The van der Waals surface area contributed by atoms with Gasteiger partial charge in [-0.2, -0.15) is 0 Å². The van der Waals surface area contributed by atoms with Crippen molar-refractivity contribution < 1.29 is 22.9 Å². The number of anilines is 2. The summed E-state index contributed by atoms with van der Waals surface area (Å²) in [5.41, 5.74) is 0.669. The number of hydrogen-bond donors (Lipinski definition) is 1. The lowest BCUT2D eigenvalue weighted by Crippen LogP contribution is -2.38. The lowest BCUT2D eigenvalue weighted by Gasteiger charge is -2.24. The Morgan fingerprint density at radius 1 is 1.12 bits per heavy atom. The summed E-state index contributed by atoms with van der Waals surface area (Å²) >= 11 is 3.32. The van der Waals surface area contributed by atoms with E-state index >= 15 is 0 Å². The third-order valence-electron chi connectivity index (χ3n) is 4.72. The van der Waals surface area contributed by atoms with Gasteiger partial charge in [-0.25, -0.2) is 8.42 Å². The Morgan fingerprint density at radius 3 is 2.42 bits per heavy atom. The van der Waals surface area contributed by atoms with Crippen LogP contribution in [0.4, 0.5) is 17.1 Å². The molecular weight excluding hydrogens is 514 g/mol. The third-order valence-corrected chi connectivity index (χ3v) is 6.98. The van der Waals surface area contributed by atoms with Gasteiger partial charge in [-0.3, -0.25) is 19.2 Å². The molecule has 1 N–H and O–H groups in total. The zero-order chi connectivity index (χ0) is 24.2. The lowest BCUT2D eigenvalue weighted by molar-refractivity contribution is -0.385. The van der Waals surface area contributed by atoms with Crippen molar-refractivity contribution in [3.8, 4) is 5.75 Å². The number of sulfonamides is 1. The van der Waals surface area contributed by atoms with E-state index in [1.807, 2.05) is 0 Å². The first kappa shape index (κ1) is 24.2. The topological polar surface area (TPSA) is 119 Å². The van der Waals surface area contributed by atoms with E-state index in [1.54, 1.807) is 36.4 Å². The number of carbonyl (C=O) groups excluding carboxylic acids is 1. The number of methoxy groups -OCH3 is 1. The molecule has 172 valence electrons. The van der Waals surface area contributed by atoms with Crippen LogP contribution in [0.25, 0.3) is 0 Å². The molecule has 9 nitrogen and oxygen atoms in total. The van der Waals surface area contributed by atoms with Gasteiger partial charge in [-0.05, 0) is 55.5 Å². The number of aryl methyl sites for hydroxylation is 1. The van der Waals surface area contributed by atoms with Gasteiger partial charge in [0.15, 0.2) is 0 Å². The van der Waals surface area contributed by atoms with Gasteiger partial charge >= 0.3 is 0 Å². The molecule has 11 heteroatoms. The quantitative estimate of drug-likeness (QED) is 0.336. The molecule has 3 aromatic carbocycles. The maximum absolute atomic E-state index is 13.5. The number of benzene rings is 3. The largest absolute Gasteiger partial charge is 0.497 e. The second kappa shape index (κ2) is 10.0. The first-order valence-electron chi connectivity index (χ1n) is 9.59. The number of halogens is 1. The summed E-state index contributed by atoms with van der Waals surface area (Å²) < 4.78 is 33.8. The molecule has 0 spiro atoms. The van der Waals surface area contributed by atoms with E-state index in [0.29, 0.717) is 17.0 Å². The second-order valence-corrected chi connectivity index (χ2v) is 9.75. The van der Waals surface area contributed by atoms with Crippen molar-refractivity contribution in [1.82, 2.24) is 0 Å². The Balaban J connectivity index is 2.01. The van der Waals surface area contributed by atoms with Gasteiger partial charge in [0.2, 0.25) is 5.91 Å². The number of nitro groups is 1. The van der Waals surface area contributed by atoms with Crippen LogP contribution in [0, 0.1) is 17.0 Å². The van der Waals surface area contributed by atoms with Crippen molar-refractivity contribution in [2.45, 2.75) is 11.8 Å². The third kappa shape index (κ3) is 5.68. The highest BCUT2D eigenvalue weighted by Crippen LogP contribution is 2.29. The van der Waals surface area contributed by atoms with Gasteiger partial charge in [-0.15, -0.1) is 0 Å². The second-order valence-electron chi connectivity index (χ2n) is 6.97. The van der Waals surface area contributed by atoms with Crippen LogP contribution in [-0.4, -0.2) is 32.9 Å². The van der Waals surface area contributed by atoms with Crippen LogP contribution in [0.2, 0.25) is 0 Å². The van der Waals surface area contributed by atoms with E-state index in [9.17, 15) is 23.3 Å². The van der Waals surface area contributed by atoms with Crippen molar-refractivity contribution in [2.24, 2.45) is 0 Å². The van der Waals surface area contributed by atoms with Gasteiger partial charge in [0.25, 0.3) is 15.7 Å². The summed E-state index contributed by atoms with van der Waals surface area (Å²) in [5, 5.41) is 14.0. The average Bonchev–Trinajstić information content (AvgIpc) is 2.77. The number of nitro benzene ring substituents is 1. The molecule has 0 heterocycles. The standard InChI is InChI=1S/C22H20BrN3O6S/c1-15-6-11-20(13-21(15)26(28)29)33(30,31)25(18-7-9-19(32-2)10-8-18)14-22(27)24-17-5-3-4-16(23)12-17/h3-13H,14H2,1-2H3,(H,24,27). The highest BCUT2D eigenvalue weighted by Gasteiger charge is 2.29. The number of rotatable bonds is 8. The molecule has 1 amide bonds. The number of carbonyl (C=O) groups is 1. The van der Waals surface area contributed by atoms with E-state index in [2.05, 4.69) is 21.2 Å². The molecule has 0 aliphatic heterocycles. The summed E-state index contributed by atoms with van der Waals surface area (Å²) in [6.07, 6.45) is 0. The Bertz CT molecular complexity index is 1300. The van der Waals surface area contributed by atoms with Crippen molar-refractivity contribution in [3.63, 3.8) is 0 Å². The summed E-state index contributed by atoms with van der Waals surface area (Å²) in [6.45, 7) is 0.962. The van der Waals surface area contributed by atoms with Crippen LogP contribution < -0.4 is 14.4 Å². The molecule has 0 atom stereocenters. The maximum Gasteiger partial charge on any atom is 0.273 e. The number of hydrogen-bond acceptors (Lipinski definition) is 6. The molecule has 0 aromatic heterocycles. The fraction of sp³-hybridized carbons (Fsp3) is 0.136. The molecule has 0 saturated heterocycles. The Hall–Kier alpha value is -3.44. The number of amides is 1. The van der Waals surface area contributed by atoms with Gasteiger partial charge in [0, 0.05) is 21.8 Å². The highest BCUT2D eigenvalue weighted by atomic mass is 79.9. The van der Waals surface area contributed by atoms with Gasteiger partial charge in [0.1, 0.15) is 12.3 Å². The minimum Gasteiger partial charge on any atom is -0.497 e. The molecule has 0 aliphatic rings. The predicted octanol–water partition coefficient (Wildman–Crippen LogP) is 4.51. The van der Waals surface area contributed by atoms with Crippen molar-refractivity contribution >= 4 is 48.9 Å². The smallest absolute Gasteiger partial charge is 0.273 e. The Kier molecular flexibility index (Phi) is 7.34. The lowest BCUT2D eigenvalue weighted by atomic mass is 10.2. The van der Waals surface area contributed by atoms with E-state index in [0.717, 1.165) is 14.8 Å². The maximum atomic E-state index is 13.5. The first-order valence-corrected chi connectivity index (χ1v) is 11.8. The van der Waals surface area contributed by atoms with Gasteiger partial charge in [0.05, 0.1) is 22.6 Å². The minimum atomic E-state index is -4.32. The van der Waals surface area contributed by atoms with Crippen molar-refractivity contribution in [1.29, 1.82) is 0 Å². The summed E-state index contributed by atoms with van der Waals surface area (Å²) in [5.74, 6) is -0.0882. The zero-order valence-corrected chi connectivity index (χ0v) is 20.1. The Morgan fingerprint density at radius 2 is 1.82 bits per heavy atom. The van der Waals surface area contributed by atoms with E-state index < -0.39 is 27.4 Å². The van der Waals surface area contributed by atoms with Crippen molar-refractivity contribution in [2.75, 3.05) is 23.3 Å². The molecular formula is C22H20BrN3O6S. The number of nitrogens with one attached hydrogen (secondary N) is 1. The highest BCUT2D eigenvalue weighted by molar-refractivity contribution is 9.10.